The Bertz CT molecular complexity index is 460. The van der Waals surface area contributed by atoms with E-state index in [1.165, 1.54) is 0 Å². The van der Waals surface area contributed by atoms with Gasteiger partial charge in [0.2, 0.25) is 0 Å². The summed E-state index contributed by atoms with van der Waals surface area (Å²) in [6, 6.07) is 2.02. The molecule has 0 bridgehead atoms. The predicted molar refractivity (Wildman–Crippen MR) is 93.1 cm³/mol. The number of amides is 1. The molecule has 8 heteroatoms. The van der Waals surface area contributed by atoms with Crippen molar-refractivity contribution in [1.82, 2.24) is 25.3 Å². The Kier molecular flexibility index (Phi) is 7.98. The fourth-order valence-corrected chi connectivity index (χ4v) is 2.98. The van der Waals surface area contributed by atoms with Gasteiger partial charge in [0, 0.05) is 84.7 Å². The highest BCUT2D eigenvalue weighted by atomic mass is 16.1. The summed E-state index contributed by atoms with van der Waals surface area (Å²) in [4.78, 5) is 18.8. The van der Waals surface area contributed by atoms with E-state index < -0.39 is 0 Å². The number of carbonyl (C=O) groups excluding carboxylic acids is 1. The second kappa shape index (κ2) is 10.3. The van der Waals surface area contributed by atoms with Crippen molar-refractivity contribution in [2.24, 2.45) is 5.73 Å². The molecule has 2 saturated heterocycles. The first-order valence-corrected chi connectivity index (χ1v) is 8.72. The zero-order chi connectivity index (χ0) is 17.2. The summed E-state index contributed by atoms with van der Waals surface area (Å²) < 4.78 is 0. The lowest BCUT2D eigenvalue weighted by atomic mass is 10.2. The van der Waals surface area contributed by atoms with Crippen molar-refractivity contribution in [2.75, 3.05) is 78.5 Å². The third-order valence-electron chi connectivity index (χ3n) is 4.45. The van der Waals surface area contributed by atoms with Gasteiger partial charge in [-0.25, -0.2) is 0 Å². The van der Waals surface area contributed by atoms with E-state index in [2.05, 4.69) is 20.4 Å². The molecule has 2 heterocycles. The highest BCUT2D eigenvalue weighted by Crippen LogP contribution is 2.04. The van der Waals surface area contributed by atoms with E-state index in [1.807, 2.05) is 11.0 Å². The van der Waals surface area contributed by atoms with Crippen molar-refractivity contribution in [1.29, 1.82) is 5.26 Å². The van der Waals surface area contributed by atoms with E-state index in [1.54, 1.807) is 6.20 Å². The lowest BCUT2D eigenvalue weighted by Crippen LogP contribution is -2.46. The molecular formula is C16H29N7O. The van der Waals surface area contributed by atoms with Crippen LogP contribution in [0.15, 0.2) is 11.8 Å². The topological polar surface area (TPSA) is 101 Å². The lowest BCUT2D eigenvalue weighted by molar-refractivity contribution is -0.117. The van der Waals surface area contributed by atoms with Gasteiger partial charge in [-0.15, -0.1) is 0 Å². The van der Waals surface area contributed by atoms with E-state index in [4.69, 9.17) is 5.73 Å². The van der Waals surface area contributed by atoms with Crippen LogP contribution in [0.2, 0.25) is 0 Å². The minimum atomic E-state index is -0.281. The van der Waals surface area contributed by atoms with Gasteiger partial charge in [-0.05, 0) is 0 Å². The molecule has 24 heavy (non-hydrogen) atoms. The largest absolute Gasteiger partial charge is 0.374 e. The number of rotatable bonds is 7. The molecule has 2 rings (SSSR count). The van der Waals surface area contributed by atoms with Crippen LogP contribution in [0.4, 0.5) is 0 Å². The Labute approximate surface area is 144 Å². The predicted octanol–water partition coefficient (Wildman–Crippen LogP) is -2.01. The third-order valence-corrected chi connectivity index (χ3v) is 4.45. The van der Waals surface area contributed by atoms with Crippen molar-refractivity contribution < 1.29 is 4.79 Å². The molecule has 4 N–H and O–H groups in total. The maximum atomic E-state index is 12.2. The molecule has 0 radical (unpaired) electrons. The normalized spacial score (nSPS) is 20.7. The Morgan fingerprint density at radius 1 is 1.12 bits per heavy atom. The molecule has 0 aromatic carbocycles. The van der Waals surface area contributed by atoms with E-state index in [0.29, 0.717) is 13.1 Å². The summed E-state index contributed by atoms with van der Waals surface area (Å²) in [7, 11) is 0. The van der Waals surface area contributed by atoms with Gasteiger partial charge in [0.05, 0.1) is 0 Å². The van der Waals surface area contributed by atoms with Gasteiger partial charge in [-0.1, -0.05) is 0 Å². The quantitative estimate of drug-likeness (QED) is 0.365. The van der Waals surface area contributed by atoms with E-state index in [9.17, 15) is 10.1 Å². The van der Waals surface area contributed by atoms with Crippen LogP contribution in [0.25, 0.3) is 0 Å². The molecular weight excluding hydrogens is 306 g/mol. The lowest BCUT2D eigenvalue weighted by Gasteiger charge is -2.33. The molecule has 0 aliphatic carbocycles. The molecule has 2 fully saturated rings. The van der Waals surface area contributed by atoms with Gasteiger partial charge in [-0.3, -0.25) is 14.6 Å². The smallest absolute Gasteiger partial charge is 0.263 e. The van der Waals surface area contributed by atoms with Gasteiger partial charge in [0.25, 0.3) is 5.91 Å². The number of nitrogens with zero attached hydrogens (tertiary/aromatic N) is 4. The first kappa shape index (κ1) is 18.7. The Balaban J connectivity index is 1.73. The van der Waals surface area contributed by atoms with Crippen molar-refractivity contribution >= 4 is 5.91 Å². The second-order valence-electron chi connectivity index (χ2n) is 6.17. The number of hydrogen-bond acceptors (Lipinski definition) is 7. The Morgan fingerprint density at radius 2 is 1.79 bits per heavy atom. The van der Waals surface area contributed by atoms with Gasteiger partial charge in [-0.2, -0.15) is 5.26 Å². The molecule has 0 aromatic heterocycles. The highest BCUT2D eigenvalue weighted by molar-refractivity contribution is 5.97. The summed E-state index contributed by atoms with van der Waals surface area (Å²) in [6.07, 6.45) is 1.69. The van der Waals surface area contributed by atoms with Crippen LogP contribution in [0.3, 0.4) is 0 Å². The average molecular weight is 335 g/mol. The second-order valence-corrected chi connectivity index (χ2v) is 6.17. The van der Waals surface area contributed by atoms with Crippen molar-refractivity contribution in [3.05, 3.63) is 11.8 Å². The van der Waals surface area contributed by atoms with Crippen molar-refractivity contribution in [2.45, 2.75) is 0 Å². The maximum absolute atomic E-state index is 12.2. The summed E-state index contributed by atoms with van der Waals surface area (Å²) in [6.45, 7) is 10.4. The molecule has 134 valence electrons. The SMILES string of the molecule is N#C/C(=C/N1CCN(CCN)CC1)C(=O)NCCN1CCNCC1. The van der Waals surface area contributed by atoms with Crippen LogP contribution >= 0.6 is 0 Å². The van der Waals surface area contributed by atoms with Crippen LogP contribution < -0.4 is 16.4 Å². The minimum Gasteiger partial charge on any atom is -0.374 e. The molecule has 2 aliphatic rings. The maximum Gasteiger partial charge on any atom is 0.263 e. The van der Waals surface area contributed by atoms with Crippen LogP contribution in [0.5, 0.6) is 0 Å². The molecule has 0 unspecified atom stereocenters. The number of nitriles is 1. The molecule has 8 nitrogen and oxygen atoms in total. The highest BCUT2D eigenvalue weighted by Gasteiger charge is 2.17. The molecule has 0 saturated carbocycles. The van der Waals surface area contributed by atoms with Gasteiger partial charge >= 0.3 is 0 Å². The zero-order valence-corrected chi connectivity index (χ0v) is 14.3. The minimum absolute atomic E-state index is 0.183. The van der Waals surface area contributed by atoms with E-state index in [-0.39, 0.29) is 11.5 Å². The fraction of sp³-hybridized carbons (Fsp3) is 0.750. The number of nitrogens with one attached hydrogen (secondary N) is 2. The molecule has 0 atom stereocenters. The van der Waals surface area contributed by atoms with Crippen LogP contribution in [-0.4, -0.2) is 99.1 Å². The van der Waals surface area contributed by atoms with Crippen LogP contribution in [0.1, 0.15) is 0 Å². The summed E-state index contributed by atoms with van der Waals surface area (Å²) in [5, 5.41) is 15.4. The number of hydrogen-bond donors (Lipinski definition) is 3. The first-order valence-electron chi connectivity index (χ1n) is 8.72. The molecule has 2 aliphatic heterocycles. The summed E-state index contributed by atoms with van der Waals surface area (Å²) in [5.41, 5.74) is 5.75. The monoisotopic (exact) mass is 335 g/mol. The van der Waals surface area contributed by atoms with Gasteiger partial charge in [0.1, 0.15) is 11.6 Å². The first-order chi connectivity index (χ1) is 11.7. The summed E-state index contributed by atoms with van der Waals surface area (Å²) in [5.74, 6) is -0.281. The number of carbonyl (C=O) groups is 1. The zero-order valence-electron chi connectivity index (χ0n) is 14.3. The Morgan fingerprint density at radius 3 is 2.42 bits per heavy atom. The average Bonchev–Trinajstić information content (AvgIpc) is 2.62. The van der Waals surface area contributed by atoms with Crippen molar-refractivity contribution in [3.8, 4) is 6.07 Å². The van der Waals surface area contributed by atoms with E-state index >= 15 is 0 Å². The fourth-order valence-electron chi connectivity index (χ4n) is 2.98. The molecule has 0 aromatic rings. The van der Waals surface area contributed by atoms with Crippen LogP contribution in [0, 0.1) is 11.3 Å². The van der Waals surface area contributed by atoms with Crippen LogP contribution in [-0.2, 0) is 4.79 Å². The molecule has 0 spiro atoms. The van der Waals surface area contributed by atoms with Gasteiger partial charge < -0.3 is 21.3 Å². The standard InChI is InChI=1S/C16H29N7O/c17-1-5-21-9-11-23(12-10-21)14-15(13-18)16(24)20-4-8-22-6-2-19-3-7-22/h14,19H,1-12,17H2,(H,20,24)/b15-14-. The van der Waals surface area contributed by atoms with Crippen molar-refractivity contribution in [3.63, 3.8) is 0 Å². The number of piperazine rings is 2. The van der Waals surface area contributed by atoms with E-state index in [0.717, 1.165) is 65.4 Å². The molecule has 1 amide bonds. The van der Waals surface area contributed by atoms with Gasteiger partial charge in [0.15, 0.2) is 0 Å². The Hall–Kier alpha value is -1.66. The summed E-state index contributed by atoms with van der Waals surface area (Å²) >= 11 is 0. The third kappa shape index (κ3) is 6.09. The number of nitrogens with two attached hydrogens (primary N) is 1.